The lowest BCUT2D eigenvalue weighted by Crippen LogP contribution is -1.92. The van der Waals surface area contributed by atoms with Gasteiger partial charge in [0.05, 0.1) is 0 Å². The Bertz CT molecular complexity index is 2040. The molecule has 0 aliphatic rings. The molecule has 3 heterocycles. The molecule has 0 unspecified atom stereocenters. The summed E-state index contributed by atoms with van der Waals surface area (Å²) in [5.74, 6) is 0.697. The zero-order valence-corrected chi connectivity index (χ0v) is 20.4. The van der Waals surface area contributed by atoms with E-state index in [0.29, 0.717) is 5.82 Å². The summed E-state index contributed by atoms with van der Waals surface area (Å²) in [6, 6.07) is 31.9. The first kappa shape index (κ1) is 20.5. The second-order valence-corrected chi connectivity index (χ2v) is 10.2. The lowest BCUT2D eigenvalue weighted by molar-refractivity contribution is 1.18. The van der Waals surface area contributed by atoms with Crippen molar-refractivity contribution < 1.29 is 0 Å². The molecule has 172 valence electrons. The van der Waals surface area contributed by atoms with Gasteiger partial charge in [0.25, 0.3) is 0 Å². The fourth-order valence-corrected chi connectivity index (χ4v) is 6.19. The maximum absolute atomic E-state index is 4.77. The van der Waals surface area contributed by atoms with E-state index >= 15 is 0 Å². The molecule has 3 aromatic heterocycles. The van der Waals surface area contributed by atoms with Crippen LogP contribution < -0.4 is 0 Å². The topological polar surface area (TPSA) is 51.6 Å². The summed E-state index contributed by atoms with van der Waals surface area (Å²) in [7, 11) is 0. The summed E-state index contributed by atoms with van der Waals surface area (Å²) in [4.78, 5) is 19.7. The van der Waals surface area contributed by atoms with Crippen LogP contribution >= 0.6 is 11.3 Å². The van der Waals surface area contributed by atoms with Gasteiger partial charge in [0, 0.05) is 35.3 Å². The van der Waals surface area contributed by atoms with E-state index in [1.54, 1.807) is 17.5 Å². The molecule has 0 saturated carbocycles. The Morgan fingerprint density at radius 1 is 0.568 bits per heavy atom. The standard InChI is InChI=1S/C32H18N4S/c1-4-19-9-10-21-11-13-25(26-14-12-20(5-1)28(19)29(21)26)24-17-34-30(35-18-24)22-6-2-7-23(16-22)31-36-27-8-3-15-33-32(27)37-31/h1-18H. The van der Waals surface area contributed by atoms with Gasteiger partial charge in [0.15, 0.2) is 5.82 Å². The van der Waals surface area contributed by atoms with E-state index in [1.165, 1.54) is 32.3 Å². The number of pyridine rings is 1. The van der Waals surface area contributed by atoms with E-state index in [-0.39, 0.29) is 0 Å². The first-order chi connectivity index (χ1) is 18.3. The monoisotopic (exact) mass is 490 g/mol. The molecular weight excluding hydrogens is 472 g/mol. The van der Waals surface area contributed by atoms with Crippen molar-refractivity contribution in [2.24, 2.45) is 0 Å². The number of fused-ring (bicyclic) bond motifs is 1. The molecule has 8 rings (SSSR count). The highest BCUT2D eigenvalue weighted by molar-refractivity contribution is 7.21. The van der Waals surface area contributed by atoms with Gasteiger partial charge in [-0.05, 0) is 56.1 Å². The summed E-state index contributed by atoms with van der Waals surface area (Å²) >= 11 is 1.59. The van der Waals surface area contributed by atoms with Crippen LogP contribution in [0.25, 0.3) is 75.8 Å². The van der Waals surface area contributed by atoms with Gasteiger partial charge in [-0.2, -0.15) is 0 Å². The van der Waals surface area contributed by atoms with Crippen LogP contribution in [0.1, 0.15) is 0 Å². The van der Waals surface area contributed by atoms with Crippen LogP contribution in [0.3, 0.4) is 0 Å². The molecule has 4 nitrogen and oxygen atoms in total. The van der Waals surface area contributed by atoms with Crippen molar-refractivity contribution in [3.05, 3.63) is 110 Å². The molecule has 0 N–H and O–H groups in total. The van der Waals surface area contributed by atoms with E-state index < -0.39 is 0 Å². The van der Waals surface area contributed by atoms with E-state index in [4.69, 9.17) is 15.0 Å². The molecule has 0 fully saturated rings. The number of rotatable bonds is 3. The lowest BCUT2D eigenvalue weighted by atomic mass is 9.90. The summed E-state index contributed by atoms with van der Waals surface area (Å²) in [6.45, 7) is 0. The van der Waals surface area contributed by atoms with Crippen LogP contribution in [-0.4, -0.2) is 19.9 Å². The van der Waals surface area contributed by atoms with Crippen LogP contribution in [0.2, 0.25) is 0 Å². The second-order valence-electron chi connectivity index (χ2n) is 9.19. The van der Waals surface area contributed by atoms with E-state index in [2.05, 4.69) is 71.7 Å². The molecule has 0 aliphatic heterocycles. The third kappa shape index (κ3) is 3.21. The maximum Gasteiger partial charge on any atom is 0.159 e. The minimum Gasteiger partial charge on any atom is -0.244 e. The number of hydrogen-bond donors (Lipinski definition) is 0. The zero-order valence-electron chi connectivity index (χ0n) is 19.6. The van der Waals surface area contributed by atoms with Gasteiger partial charge >= 0.3 is 0 Å². The summed E-state index contributed by atoms with van der Waals surface area (Å²) in [6.07, 6.45) is 5.67. The fraction of sp³-hybridized carbons (Fsp3) is 0. The smallest absolute Gasteiger partial charge is 0.159 e. The quantitative estimate of drug-likeness (QED) is 0.233. The lowest BCUT2D eigenvalue weighted by Gasteiger charge is -2.14. The number of hydrogen-bond acceptors (Lipinski definition) is 5. The molecule has 0 saturated heterocycles. The first-order valence-electron chi connectivity index (χ1n) is 12.1. The summed E-state index contributed by atoms with van der Waals surface area (Å²) < 4.78 is 0. The number of benzene rings is 5. The molecule has 5 heteroatoms. The third-order valence-corrected chi connectivity index (χ3v) is 8.05. The Balaban J connectivity index is 1.21. The number of thiazole rings is 1. The normalized spacial score (nSPS) is 11.8. The van der Waals surface area contributed by atoms with Crippen LogP contribution in [0.5, 0.6) is 0 Å². The predicted molar refractivity (Wildman–Crippen MR) is 153 cm³/mol. The molecule has 8 aromatic rings. The Labute approximate surface area is 216 Å². The molecule has 0 aliphatic carbocycles. The fourth-order valence-electron chi connectivity index (χ4n) is 5.29. The molecule has 5 aromatic carbocycles. The van der Waals surface area contributed by atoms with Crippen molar-refractivity contribution in [2.75, 3.05) is 0 Å². The van der Waals surface area contributed by atoms with E-state index in [9.17, 15) is 0 Å². The zero-order chi connectivity index (χ0) is 24.3. The van der Waals surface area contributed by atoms with Gasteiger partial charge in [0.2, 0.25) is 0 Å². The number of aromatic nitrogens is 4. The molecular formula is C32H18N4S. The van der Waals surface area contributed by atoms with Crippen LogP contribution in [0, 0.1) is 0 Å². The number of nitrogens with zero attached hydrogens (tertiary/aromatic N) is 4. The van der Waals surface area contributed by atoms with Crippen LogP contribution in [0.4, 0.5) is 0 Å². The molecule has 0 radical (unpaired) electrons. The van der Waals surface area contributed by atoms with Crippen molar-refractivity contribution in [3.8, 4) is 33.1 Å². The van der Waals surface area contributed by atoms with Crippen LogP contribution in [-0.2, 0) is 0 Å². The van der Waals surface area contributed by atoms with Crippen molar-refractivity contribution in [2.45, 2.75) is 0 Å². The maximum atomic E-state index is 4.77. The van der Waals surface area contributed by atoms with E-state index in [1.807, 2.05) is 36.7 Å². The molecule has 0 amide bonds. The van der Waals surface area contributed by atoms with Gasteiger partial charge < -0.3 is 0 Å². The minimum absolute atomic E-state index is 0.697. The van der Waals surface area contributed by atoms with Gasteiger partial charge in [0.1, 0.15) is 15.4 Å². The van der Waals surface area contributed by atoms with E-state index in [0.717, 1.165) is 37.6 Å². The summed E-state index contributed by atoms with van der Waals surface area (Å²) in [5, 5.41) is 8.58. The van der Waals surface area contributed by atoms with Gasteiger partial charge in [-0.3, -0.25) is 0 Å². The van der Waals surface area contributed by atoms with Crippen molar-refractivity contribution in [3.63, 3.8) is 0 Å². The molecule has 37 heavy (non-hydrogen) atoms. The minimum atomic E-state index is 0.697. The van der Waals surface area contributed by atoms with Crippen molar-refractivity contribution in [1.82, 2.24) is 19.9 Å². The van der Waals surface area contributed by atoms with Crippen molar-refractivity contribution >= 4 is 54.0 Å². The van der Waals surface area contributed by atoms with Crippen LogP contribution in [0.15, 0.2) is 110 Å². The predicted octanol–water partition coefficient (Wildman–Crippen LogP) is 8.38. The van der Waals surface area contributed by atoms with Gasteiger partial charge in [-0.15, -0.1) is 0 Å². The third-order valence-electron chi connectivity index (χ3n) is 7.03. The molecule has 0 atom stereocenters. The molecule has 0 bridgehead atoms. The Kier molecular flexibility index (Phi) is 4.36. The highest BCUT2D eigenvalue weighted by Crippen LogP contribution is 2.39. The van der Waals surface area contributed by atoms with Gasteiger partial charge in [-0.1, -0.05) is 84.1 Å². The van der Waals surface area contributed by atoms with Crippen molar-refractivity contribution in [1.29, 1.82) is 0 Å². The Hall–Kier alpha value is -4.74. The highest BCUT2D eigenvalue weighted by atomic mass is 32.1. The van der Waals surface area contributed by atoms with Gasteiger partial charge in [-0.25, -0.2) is 19.9 Å². The largest absolute Gasteiger partial charge is 0.244 e. The molecule has 0 spiro atoms. The first-order valence-corrected chi connectivity index (χ1v) is 12.9. The summed E-state index contributed by atoms with van der Waals surface area (Å²) in [5.41, 5.74) is 5.08. The Morgan fingerprint density at radius 2 is 1.30 bits per heavy atom. The Morgan fingerprint density at radius 3 is 2.14 bits per heavy atom. The average Bonchev–Trinajstić information content (AvgIpc) is 3.41. The SMILES string of the molecule is c1cc(-c2ncc(-c3ccc4ccc5cccc6ccc3c4c56)cn2)cc(-c2nc3cccnc3s2)c1. The highest BCUT2D eigenvalue weighted by Gasteiger charge is 2.13. The second kappa shape index (κ2) is 7.88. The average molecular weight is 491 g/mol.